The molecule has 1 aliphatic heterocycles. The molecule has 3 aromatic rings. The van der Waals surface area contributed by atoms with Crippen molar-refractivity contribution in [1.82, 2.24) is 10.3 Å². The number of benzene rings is 2. The van der Waals surface area contributed by atoms with Crippen LogP contribution >= 0.6 is 0 Å². The van der Waals surface area contributed by atoms with Gasteiger partial charge < -0.3 is 19.5 Å². The van der Waals surface area contributed by atoms with Gasteiger partial charge in [0.15, 0.2) is 11.4 Å². The first-order valence-corrected chi connectivity index (χ1v) is 15.2. The van der Waals surface area contributed by atoms with Crippen LogP contribution in [0.3, 0.4) is 0 Å². The third-order valence-corrected chi connectivity index (χ3v) is 8.21. The molecule has 8 nitrogen and oxygen atoms in total. The van der Waals surface area contributed by atoms with Gasteiger partial charge in [-0.1, -0.05) is 67.1 Å². The zero-order valence-electron chi connectivity index (χ0n) is 25.3. The summed E-state index contributed by atoms with van der Waals surface area (Å²) in [7, 11) is 1.41. The highest BCUT2D eigenvalue weighted by molar-refractivity contribution is 5.98. The van der Waals surface area contributed by atoms with Crippen LogP contribution in [0.4, 0.5) is 0 Å². The molecule has 1 aromatic heterocycles. The predicted octanol–water partition coefficient (Wildman–Crippen LogP) is 6.12. The van der Waals surface area contributed by atoms with Crippen molar-refractivity contribution in [2.24, 2.45) is 11.8 Å². The third kappa shape index (κ3) is 9.14. The number of ether oxygens (including phenoxy) is 3. The molecule has 0 aliphatic carbocycles. The Kier molecular flexibility index (Phi) is 11.7. The zero-order valence-corrected chi connectivity index (χ0v) is 25.3. The van der Waals surface area contributed by atoms with E-state index in [2.05, 4.69) is 58.8 Å². The van der Waals surface area contributed by atoms with Gasteiger partial charge in [-0.2, -0.15) is 0 Å². The first kappa shape index (κ1) is 31.7. The summed E-state index contributed by atoms with van der Waals surface area (Å²) in [6, 6.07) is 21.6. The molecular formula is C35H42N2O6. The molecule has 228 valence electrons. The van der Waals surface area contributed by atoms with Crippen molar-refractivity contribution >= 4 is 17.8 Å². The van der Waals surface area contributed by atoms with E-state index in [9.17, 15) is 14.4 Å². The lowest BCUT2D eigenvalue weighted by Gasteiger charge is -2.31. The highest BCUT2D eigenvalue weighted by Gasteiger charge is 2.34. The number of methoxy groups -OCH3 is 1. The number of hydrogen-bond donors (Lipinski definition) is 1. The number of carbonyl (C=O) groups excluding carboxylic acids is 3. The number of aryl methyl sites for hydroxylation is 2. The largest absolute Gasteiger partial charge is 0.493 e. The second-order valence-electron chi connectivity index (χ2n) is 11.2. The maximum Gasteiger partial charge on any atom is 0.328 e. The number of nitrogens with zero attached hydrogens (tertiary/aromatic N) is 1. The van der Waals surface area contributed by atoms with Crippen LogP contribution in [0.2, 0.25) is 0 Å². The van der Waals surface area contributed by atoms with Gasteiger partial charge in [-0.05, 0) is 74.8 Å². The van der Waals surface area contributed by atoms with Gasteiger partial charge in [-0.3, -0.25) is 9.59 Å². The van der Waals surface area contributed by atoms with Gasteiger partial charge in [0, 0.05) is 19.2 Å². The number of esters is 2. The maximum atomic E-state index is 13.4. The smallest absolute Gasteiger partial charge is 0.328 e. The van der Waals surface area contributed by atoms with E-state index in [-0.39, 0.29) is 29.2 Å². The minimum atomic E-state index is -0.856. The van der Waals surface area contributed by atoms with Gasteiger partial charge in [0.25, 0.3) is 5.91 Å². The summed E-state index contributed by atoms with van der Waals surface area (Å²) in [6.07, 6.45) is 8.10. The predicted molar refractivity (Wildman–Crippen MR) is 164 cm³/mol. The summed E-state index contributed by atoms with van der Waals surface area (Å²) >= 11 is 0. The number of cyclic esters (lactones) is 1. The molecule has 2 heterocycles. The lowest BCUT2D eigenvalue weighted by atomic mass is 9.78. The van der Waals surface area contributed by atoms with Gasteiger partial charge in [-0.15, -0.1) is 0 Å². The lowest BCUT2D eigenvalue weighted by molar-refractivity contribution is -0.154. The van der Waals surface area contributed by atoms with Crippen LogP contribution in [-0.4, -0.2) is 42.1 Å². The van der Waals surface area contributed by atoms with E-state index in [4.69, 9.17) is 14.2 Å². The van der Waals surface area contributed by atoms with E-state index < -0.39 is 23.9 Å². The second kappa shape index (κ2) is 15.9. The molecule has 4 atom stereocenters. The molecule has 2 aromatic carbocycles. The number of rotatable bonds is 11. The average molecular weight is 587 g/mol. The van der Waals surface area contributed by atoms with E-state index >= 15 is 0 Å². The molecule has 0 spiro atoms. The number of nitrogens with one attached hydrogen (secondary N) is 1. The second-order valence-corrected chi connectivity index (χ2v) is 11.2. The lowest BCUT2D eigenvalue weighted by Crippen LogP contribution is -2.43. The van der Waals surface area contributed by atoms with Crippen LogP contribution < -0.4 is 14.8 Å². The molecule has 1 amide bonds. The van der Waals surface area contributed by atoms with Crippen molar-refractivity contribution in [2.75, 3.05) is 7.11 Å². The first-order valence-electron chi connectivity index (χ1n) is 15.2. The van der Waals surface area contributed by atoms with Crippen molar-refractivity contribution < 1.29 is 28.6 Å². The van der Waals surface area contributed by atoms with Crippen LogP contribution in [0, 0.1) is 11.8 Å². The number of amides is 1. The molecular weight excluding hydrogens is 544 g/mol. The minimum Gasteiger partial charge on any atom is -0.493 e. The number of pyridine rings is 1. The van der Waals surface area contributed by atoms with E-state index in [1.807, 2.05) is 19.1 Å². The number of hydrogen-bond acceptors (Lipinski definition) is 7. The van der Waals surface area contributed by atoms with E-state index in [1.54, 1.807) is 0 Å². The molecule has 0 radical (unpaired) electrons. The summed E-state index contributed by atoms with van der Waals surface area (Å²) in [5.74, 6) is -1.04. The summed E-state index contributed by atoms with van der Waals surface area (Å²) in [4.78, 5) is 42.6. The molecule has 0 saturated carbocycles. The van der Waals surface area contributed by atoms with Gasteiger partial charge in [0.05, 0.1) is 7.11 Å². The SMILES string of the molecule is COc1ccnc(C(=O)N[C@H]2CCC[C@H](CCCc3ccccc3)[C@@H](CCc3ccccc3)[C@H](C)OC2=O)c1OC(C)=O. The van der Waals surface area contributed by atoms with Crippen molar-refractivity contribution in [1.29, 1.82) is 0 Å². The summed E-state index contributed by atoms with van der Waals surface area (Å²) < 4.78 is 16.6. The number of carbonyl (C=O) groups is 3. The molecule has 1 saturated heterocycles. The van der Waals surface area contributed by atoms with E-state index in [0.29, 0.717) is 12.3 Å². The quantitative estimate of drug-likeness (QED) is 0.270. The van der Waals surface area contributed by atoms with Crippen LogP contribution in [0.25, 0.3) is 0 Å². The summed E-state index contributed by atoms with van der Waals surface area (Å²) in [6.45, 7) is 3.21. The standard InChI is InChI=1S/C35H42N2O6/c1-24-29(21-20-27-14-8-5-9-15-27)28(17-10-16-26-12-6-4-7-13-26)18-11-19-30(35(40)42-24)37-34(39)32-33(43-25(2)38)31(41-3)22-23-36-32/h4-9,12-15,22-24,28-30H,10-11,16-21H2,1-3H3,(H,37,39)/t24-,28-,29-,30-/m0/s1. The van der Waals surface area contributed by atoms with Crippen LogP contribution in [0.5, 0.6) is 11.5 Å². The third-order valence-electron chi connectivity index (χ3n) is 8.21. The molecule has 8 heteroatoms. The molecule has 0 unspecified atom stereocenters. The fraction of sp³-hybridized carbons (Fsp3) is 0.429. The Morgan fingerprint density at radius 3 is 2.28 bits per heavy atom. The highest BCUT2D eigenvalue weighted by atomic mass is 16.6. The van der Waals surface area contributed by atoms with Crippen molar-refractivity contribution in [3.05, 3.63) is 89.7 Å². The Morgan fingerprint density at radius 2 is 1.63 bits per heavy atom. The Morgan fingerprint density at radius 1 is 0.953 bits per heavy atom. The minimum absolute atomic E-state index is 0.0840. The van der Waals surface area contributed by atoms with Crippen molar-refractivity contribution in [3.8, 4) is 11.5 Å². The molecule has 0 bridgehead atoms. The Bertz CT molecular complexity index is 1350. The van der Waals surface area contributed by atoms with Crippen molar-refractivity contribution in [3.63, 3.8) is 0 Å². The molecule has 1 aliphatic rings. The fourth-order valence-electron chi connectivity index (χ4n) is 6.03. The normalized spacial score (nSPS) is 20.6. The van der Waals surface area contributed by atoms with E-state index in [1.165, 1.54) is 37.4 Å². The number of aromatic nitrogens is 1. The van der Waals surface area contributed by atoms with Gasteiger partial charge in [0.2, 0.25) is 5.75 Å². The van der Waals surface area contributed by atoms with Crippen LogP contribution in [0.1, 0.15) is 74.0 Å². The van der Waals surface area contributed by atoms with Crippen molar-refractivity contribution in [2.45, 2.75) is 77.4 Å². The van der Waals surface area contributed by atoms with Gasteiger partial charge in [0.1, 0.15) is 12.1 Å². The fourth-order valence-corrected chi connectivity index (χ4v) is 6.03. The Labute approximate surface area is 254 Å². The summed E-state index contributed by atoms with van der Waals surface area (Å²) in [5, 5.41) is 2.80. The highest BCUT2D eigenvalue weighted by Crippen LogP contribution is 2.34. The zero-order chi connectivity index (χ0) is 30.6. The van der Waals surface area contributed by atoms with Crippen LogP contribution in [0.15, 0.2) is 72.9 Å². The topological polar surface area (TPSA) is 104 Å². The molecule has 1 N–H and O–H groups in total. The van der Waals surface area contributed by atoms with Crippen LogP contribution in [-0.2, 0) is 27.2 Å². The average Bonchev–Trinajstić information content (AvgIpc) is 3.05. The van der Waals surface area contributed by atoms with Gasteiger partial charge >= 0.3 is 11.9 Å². The maximum absolute atomic E-state index is 13.4. The van der Waals surface area contributed by atoms with E-state index in [0.717, 1.165) is 44.9 Å². The monoisotopic (exact) mass is 586 g/mol. The first-order chi connectivity index (χ1) is 20.9. The summed E-state index contributed by atoms with van der Waals surface area (Å²) in [5.41, 5.74) is 2.46. The Balaban J connectivity index is 1.49. The molecule has 4 rings (SSSR count). The molecule has 43 heavy (non-hydrogen) atoms. The molecule has 1 fully saturated rings. The Hall–Kier alpha value is -4.20. The van der Waals surface area contributed by atoms with Gasteiger partial charge in [-0.25, -0.2) is 9.78 Å².